The van der Waals surface area contributed by atoms with E-state index in [0.717, 1.165) is 30.6 Å². The van der Waals surface area contributed by atoms with E-state index in [2.05, 4.69) is 50.0 Å². The lowest BCUT2D eigenvalue weighted by molar-refractivity contribution is -0.132. The number of aromatic nitrogens is 1. The first-order valence-corrected chi connectivity index (χ1v) is 10.4. The quantitative estimate of drug-likeness (QED) is 0.767. The van der Waals surface area contributed by atoms with Gasteiger partial charge in [0.15, 0.2) is 5.76 Å². The Morgan fingerprint density at radius 1 is 1.28 bits per heavy atom. The van der Waals surface area contributed by atoms with Crippen LogP contribution in [0.15, 0.2) is 34.9 Å². The Bertz CT molecular complexity index is 823. The Labute approximate surface area is 172 Å². The molecule has 1 aliphatic heterocycles. The third kappa shape index (κ3) is 5.89. The van der Waals surface area contributed by atoms with E-state index in [1.807, 2.05) is 6.07 Å². The Hall–Kier alpha value is -2.21. The van der Waals surface area contributed by atoms with Gasteiger partial charge >= 0.3 is 0 Å². The summed E-state index contributed by atoms with van der Waals surface area (Å²) in [5.41, 5.74) is 1.70. The Balaban J connectivity index is 1.77. The number of hydrogen-bond acceptors (Lipinski definition) is 4. The predicted octanol–water partition coefficient (Wildman–Crippen LogP) is 4.63. The molecule has 0 bridgehead atoms. The molecule has 0 radical (unpaired) electrons. The summed E-state index contributed by atoms with van der Waals surface area (Å²) in [6.07, 6.45) is 1.72. The molecule has 1 amide bonds. The molecule has 3 rings (SSSR count). The molecule has 1 N–H and O–H groups in total. The summed E-state index contributed by atoms with van der Waals surface area (Å²) in [6, 6.07) is 7.99. The van der Waals surface area contributed by atoms with Crippen molar-refractivity contribution >= 4 is 5.91 Å². The van der Waals surface area contributed by atoms with Gasteiger partial charge in [0.25, 0.3) is 0 Å². The molecule has 2 heterocycles. The fourth-order valence-electron chi connectivity index (χ4n) is 4.00. The lowest BCUT2D eigenvalue weighted by Gasteiger charge is -2.41. The summed E-state index contributed by atoms with van der Waals surface area (Å²) >= 11 is 0. The van der Waals surface area contributed by atoms with E-state index >= 15 is 0 Å². The molecule has 1 aromatic carbocycles. The number of carbonyl (C=O) groups excluding carboxylic acids is 1. The third-order valence-corrected chi connectivity index (χ3v) is 5.15. The van der Waals surface area contributed by atoms with E-state index < -0.39 is 0 Å². The van der Waals surface area contributed by atoms with Crippen LogP contribution in [0.25, 0.3) is 11.3 Å². The number of carbonyl (C=O) groups is 1. The van der Waals surface area contributed by atoms with E-state index in [-0.39, 0.29) is 29.2 Å². The zero-order valence-electron chi connectivity index (χ0n) is 18.0. The maximum absolute atomic E-state index is 13.2. The standard InChI is InChI=1S/C23H32FN3O2/c1-15(2)10-20-22(28)25-19(12-23(3,4)5)14-27(20)13-18-11-21(29-26-18)16-6-8-17(24)9-7-16/h6-9,11,15,19-20H,10,12-14H2,1-5H3,(H,25,28)/t19-,20-/m0/s1. The Morgan fingerprint density at radius 2 is 1.97 bits per heavy atom. The van der Waals surface area contributed by atoms with Crippen LogP contribution in [-0.2, 0) is 11.3 Å². The van der Waals surface area contributed by atoms with Gasteiger partial charge in [-0.05, 0) is 48.4 Å². The average molecular weight is 402 g/mol. The number of benzene rings is 1. The molecule has 6 heteroatoms. The molecule has 2 atom stereocenters. The number of nitrogens with zero attached hydrogens (tertiary/aromatic N) is 2. The highest BCUT2D eigenvalue weighted by molar-refractivity contribution is 5.82. The highest BCUT2D eigenvalue weighted by Gasteiger charge is 2.36. The first kappa shape index (κ1) is 21.5. The van der Waals surface area contributed by atoms with Gasteiger partial charge in [-0.25, -0.2) is 4.39 Å². The second kappa shape index (κ2) is 8.66. The molecule has 0 unspecified atom stereocenters. The molecule has 0 saturated carbocycles. The van der Waals surface area contributed by atoms with Crippen LogP contribution >= 0.6 is 0 Å². The highest BCUT2D eigenvalue weighted by Crippen LogP contribution is 2.27. The number of rotatable bonds is 6. The van der Waals surface area contributed by atoms with Crippen molar-refractivity contribution in [2.75, 3.05) is 6.54 Å². The van der Waals surface area contributed by atoms with Gasteiger partial charge in [-0.2, -0.15) is 0 Å². The van der Waals surface area contributed by atoms with E-state index in [0.29, 0.717) is 18.2 Å². The molecule has 1 saturated heterocycles. The fourth-order valence-corrected chi connectivity index (χ4v) is 4.00. The van der Waals surface area contributed by atoms with E-state index in [4.69, 9.17) is 4.52 Å². The molecule has 0 aliphatic carbocycles. The summed E-state index contributed by atoms with van der Waals surface area (Å²) in [5, 5.41) is 7.43. The van der Waals surface area contributed by atoms with Gasteiger partial charge in [0.05, 0.1) is 11.7 Å². The zero-order chi connectivity index (χ0) is 21.2. The fraction of sp³-hybridized carbons (Fsp3) is 0.565. The first-order valence-electron chi connectivity index (χ1n) is 10.4. The second-order valence-corrected chi connectivity index (χ2v) is 9.73. The molecular formula is C23H32FN3O2. The van der Waals surface area contributed by atoms with Crippen LogP contribution in [0.5, 0.6) is 0 Å². The van der Waals surface area contributed by atoms with Gasteiger partial charge in [0, 0.05) is 30.8 Å². The van der Waals surface area contributed by atoms with Crippen LogP contribution in [0.2, 0.25) is 0 Å². The number of hydrogen-bond donors (Lipinski definition) is 1. The first-order chi connectivity index (χ1) is 13.6. The summed E-state index contributed by atoms with van der Waals surface area (Å²) < 4.78 is 18.6. The van der Waals surface area contributed by atoms with Crippen LogP contribution < -0.4 is 5.32 Å². The molecule has 1 aromatic heterocycles. The van der Waals surface area contributed by atoms with Crippen molar-refractivity contribution in [1.29, 1.82) is 0 Å². The predicted molar refractivity (Wildman–Crippen MR) is 112 cm³/mol. The molecule has 29 heavy (non-hydrogen) atoms. The van der Waals surface area contributed by atoms with Crippen molar-refractivity contribution < 1.29 is 13.7 Å². The third-order valence-electron chi connectivity index (χ3n) is 5.15. The molecule has 158 valence electrons. The number of nitrogens with one attached hydrogen (secondary N) is 1. The molecule has 1 fully saturated rings. The van der Waals surface area contributed by atoms with Gasteiger partial charge in [0.2, 0.25) is 5.91 Å². The van der Waals surface area contributed by atoms with Crippen LogP contribution in [0, 0.1) is 17.2 Å². The number of halogens is 1. The number of piperazine rings is 1. The number of amides is 1. The molecular weight excluding hydrogens is 369 g/mol. The van der Waals surface area contributed by atoms with Gasteiger partial charge in [0.1, 0.15) is 5.82 Å². The summed E-state index contributed by atoms with van der Waals surface area (Å²) in [5.74, 6) is 0.836. The maximum Gasteiger partial charge on any atom is 0.237 e. The molecule has 0 spiro atoms. The zero-order valence-corrected chi connectivity index (χ0v) is 18.0. The lowest BCUT2D eigenvalue weighted by Crippen LogP contribution is -2.60. The highest BCUT2D eigenvalue weighted by atomic mass is 19.1. The summed E-state index contributed by atoms with van der Waals surface area (Å²) in [7, 11) is 0. The van der Waals surface area contributed by atoms with Gasteiger partial charge in [-0.15, -0.1) is 0 Å². The van der Waals surface area contributed by atoms with Crippen molar-refractivity contribution in [3.05, 3.63) is 41.8 Å². The van der Waals surface area contributed by atoms with E-state index in [1.165, 1.54) is 12.1 Å². The largest absolute Gasteiger partial charge is 0.356 e. The van der Waals surface area contributed by atoms with Crippen LogP contribution in [0.1, 0.15) is 53.2 Å². The van der Waals surface area contributed by atoms with Crippen molar-refractivity contribution in [3.8, 4) is 11.3 Å². The topological polar surface area (TPSA) is 58.4 Å². The monoisotopic (exact) mass is 401 g/mol. The van der Waals surface area contributed by atoms with Crippen LogP contribution in [-0.4, -0.2) is 34.6 Å². The minimum Gasteiger partial charge on any atom is -0.356 e. The van der Waals surface area contributed by atoms with Crippen molar-refractivity contribution in [2.45, 2.75) is 66.1 Å². The molecule has 2 aromatic rings. The van der Waals surface area contributed by atoms with Crippen LogP contribution in [0.4, 0.5) is 4.39 Å². The lowest BCUT2D eigenvalue weighted by atomic mass is 9.86. The Morgan fingerprint density at radius 3 is 2.59 bits per heavy atom. The SMILES string of the molecule is CC(C)C[C@H]1C(=O)N[C@@H](CC(C)(C)C)CN1Cc1cc(-c2ccc(F)cc2)on1. The minimum absolute atomic E-state index is 0.0986. The Kier molecular flexibility index (Phi) is 6.42. The minimum atomic E-state index is -0.283. The second-order valence-electron chi connectivity index (χ2n) is 9.73. The maximum atomic E-state index is 13.2. The van der Waals surface area contributed by atoms with Crippen molar-refractivity contribution in [1.82, 2.24) is 15.4 Å². The van der Waals surface area contributed by atoms with E-state index in [9.17, 15) is 9.18 Å². The van der Waals surface area contributed by atoms with Crippen molar-refractivity contribution in [3.63, 3.8) is 0 Å². The normalized spacial score (nSPS) is 20.9. The van der Waals surface area contributed by atoms with Crippen molar-refractivity contribution in [2.24, 2.45) is 11.3 Å². The van der Waals surface area contributed by atoms with E-state index in [1.54, 1.807) is 12.1 Å². The molecule has 1 aliphatic rings. The average Bonchev–Trinajstić information content (AvgIpc) is 3.05. The van der Waals surface area contributed by atoms with Gasteiger partial charge < -0.3 is 9.84 Å². The van der Waals surface area contributed by atoms with Gasteiger partial charge in [-0.3, -0.25) is 9.69 Å². The summed E-state index contributed by atoms with van der Waals surface area (Å²) in [6.45, 7) is 12.2. The summed E-state index contributed by atoms with van der Waals surface area (Å²) in [4.78, 5) is 15.1. The molecule has 5 nitrogen and oxygen atoms in total. The van der Waals surface area contributed by atoms with Gasteiger partial charge in [-0.1, -0.05) is 39.8 Å². The van der Waals surface area contributed by atoms with Crippen LogP contribution in [0.3, 0.4) is 0 Å². The smallest absolute Gasteiger partial charge is 0.237 e.